The van der Waals surface area contributed by atoms with Gasteiger partial charge < -0.3 is 5.32 Å². The second-order valence-electron chi connectivity index (χ2n) is 5.29. The van der Waals surface area contributed by atoms with Gasteiger partial charge in [-0.2, -0.15) is 5.10 Å². The fraction of sp³-hybridized carbons (Fsp3) is 0.176. The lowest BCUT2D eigenvalue weighted by Crippen LogP contribution is -2.13. The summed E-state index contributed by atoms with van der Waals surface area (Å²) in [6.07, 6.45) is 5.15. The van der Waals surface area contributed by atoms with Gasteiger partial charge in [0.05, 0.1) is 23.8 Å². The Morgan fingerprint density at radius 3 is 2.33 bits per heavy atom. The molecule has 1 amide bonds. The maximum atomic E-state index is 12.2. The quantitative estimate of drug-likeness (QED) is 0.739. The second kappa shape index (κ2) is 6.84. The Morgan fingerprint density at radius 1 is 1.12 bits per heavy atom. The van der Waals surface area contributed by atoms with Gasteiger partial charge in [-0.15, -0.1) is 11.8 Å². The number of benzene rings is 1. The molecule has 0 saturated carbocycles. The summed E-state index contributed by atoms with van der Waals surface area (Å²) in [5, 5.41) is 7.13. The second-order valence-corrected chi connectivity index (χ2v) is 6.17. The molecule has 7 heteroatoms. The van der Waals surface area contributed by atoms with E-state index in [0.717, 1.165) is 16.3 Å². The summed E-state index contributed by atoms with van der Waals surface area (Å²) >= 11 is 1.64. The minimum absolute atomic E-state index is 0.190. The van der Waals surface area contributed by atoms with Crippen LogP contribution in [0, 0.1) is 13.8 Å². The average Bonchev–Trinajstić information content (AvgIpc) is 2.94. The van der Waals surface area contributed by atoms with Crippen molar-refractivity contribution in [2.24, 2.45) is 0 Å². The van der Waals surface area contributed by atoms with Gasteiger partial charge in [0.1, 0.15) is 0 Å². The highest BCUT2D eigenvalue weighted by Crippen LogP contribution is 2.16. The number of aryl methyl sites for hydroxylation is 2. The lowest BCUT2D eigenvalue weighted by atomic mass is 10.2. The van der Waals surface area contributed by atoms with Crippen molar-refractivity contribution in [3.8, 4) is 5.95 Å². The van der Waals surface area contributed by atoms with Crippen molar-refractivity contribution in [2.45, 2.75) is 18.7 Å². The molecule has 0 spiro atoms. The van der Waals surface area contributed by atoms with Crippen LogP contribution in [-0.4, -0.2) is 31.9 Å². The molecule has 0 saturated heterocycles. The standard InChI is InChI=1S/C17H17N5OS/c1-11-8-12(2)22(21-11)17-18-9-14(10-19-17)20-16(23)13-4-6-15(24-3)7-5-13/h4-10H,1-3H3,(H,20,23). The third kappa shape index (κ3) is 3.46. The summed E-state index contributed by atoms with van der Waals surface area (Å²) in [5.41, 5.74) is 3.00. The lowest BCUT2D eigenvalue weighted by molar-refractivity contribution is 0.102. The molecule has 0 fully saturated rings. The fourth-order valence-corrected chi connectivity index (χ4v) is 2.68. The molecule has 3 rings (SSSR count). The molecule has 122 valence electrons. The molecule has 0 atom stereocenters. The van der Waals surface area contributed by atoms with Crippen LogP contribution in [0.1, 0.15) is 21.7 Å². The predicted molar refractivity (Wildman–Crippen MR) is 94.8 cm³/mol. The Bertz CT molecular complexity index is 856. The molecule has 0 aliphatic carbocycles. The highest BCUT2D eigenvalue weighted by Gasteiger charge is 2.09. The number of carbonyl (C=O) groups excluding carboxylic acids is 1. The summed E-state index contributed by atoms with van der Waals surface area (Å²) in [4.78, 5) is 21.9. The summed E-state index contributed by atoms with van der Waals surface area (Å²) in [5.74, 6) is 0.285. The largest absolute Gasteiger partial charge is 0.319 e. The number of nitrogens with zero attached hydrogens (tertiary/aromatic N) is 4. The fourth-order valence-electron chi connectivity index (χ4n) is 2.27. The molecule has 0 bridgehead atoms. The molecular weight excluding hydrogens is 322 g/mol. The van der Waals surface area contributed by atoms with Crippen LogP contribution in [-0.2, 0) is 0 Å². The van der Waals surface area contributed by atoms with E-state index in [1.165, 1.54) is 0 Å². The zero-order chi connectivity index (χ0) is 17.1. The molecule has 2 heterocycles. The van der Waals surface area contributed by atoms with E-state index in [0.29, 0.717) is 17.2 Å². The zero-order valence-electron chi connectivity index (χ0n) is 13.6. The van der Waals surface area contributed by atoms with Crippen molar-refractivity contribution in [3.05, 3.63) is 59.7 Å². The Labute approximate surface area is 144 Å². The summed E-state index contributed by atoms with van der Waals surface area (Å²) in [6.45, 7) is 3.86. The zero-order valence-corrected chi connectivity index (χ0v) is 14.5. The molecular formula is C17H17N5OS. The topological polar surface area (TPSA) is 72.7 Å². The number of nitrogens with one attached hydrogen (secondary N) is 1. The highest BCUT2D eigenvalue weighted by atomic mass is 32.2. The first kappa shape index (κ1) is 16.2. The van der Waals surface area contributed by atoms with Crippen molar-refractivity contribution in [3.63, 3.8) is 0 Å². The van der Waals surface area contributed by atoms with E-state index in [1.807, 2.05) is 38.3 Å². The number of hydrogen-bond acceptors (Lipinski definition) is 5. The number of aromatic nitrogens is 4. The molecule has 0 aliphatic heterocycles. The first-order valence-electron chi connectivity index (χ1n) is 7.38. The van der Waals surface area contributed by atoms with Gasteiger partial charge in [-0.05, 0) is 50.4 Å². The van der Waals surface area contributed by atoms with Gasteiger partial charge in [0.15, 0.2) is 0 Å². The number of carbonyl (C=O) groups is 1. The van der Waals surface area contributed by atoms with Crippen molar-refractivity contribution in [2.75, 3.05) is 11.6 Å². The molecule has 2 aromatic heterocycles. The van der Waals surface area contributed by atoms with Crippen molar-refractivity contribution >= 4 is 23.4 Å². The Kier molecular flexibility index (Phi) is 4.61. The van der Waals surface area contributed by atoms with E-state index >= 15 is 0 Å². The molecule has 6 nitrogen and oxygen atoms in total. The van der Waals surface area contributed by atoms with Crippen molar-refractivity contribution < 1.29 is 4.79 Å². The third-order valence-electron chi connectivity index (χ3n) is 3.45. The first-order valence-corrected chi connectivity index (χ1v) is 8.60. The van der Waals surface area contributed by atoms with Crippen LogP contribution >= 0.6 is 11.8 Å². The van der Waals surface area contributed by atoms with Gasteiger partial charge in [-0.1, -0.05) is 0 Å². The van der Waals surface area contributed by atoms with Crippen LogP contribution in [0.3, 0.4) is 0 Å². The molecule has 1 aromatic carbocycles. The van der Waals surface area contributed by atoms with Gasteiger partial charge >= 0.3 is 0 Å². The Hall–Kier alpha value is -2.67. The number of anilines is 1. The molecule has 24 heavy (non-hydrogen) atoms. The Morgan fingerprint density at radius 2 is 1.79 bits per heavy atom. The van der Waals surface area contributed by atoms with Crippen molar-refractivity contribution in [1.29, 1.82) is 0 Å². The smallest absolute Gasteiger partial charge is 0.255 e. The monoisotopic (exact) mass is 339 g/mol. The van der Waals surface area contributed by atoms with Gasteiger partial charge in [0.2, 0.25) is 0 Å². The molecule has 0 radical (unpaired) electrons. The third-order valence-corrected chi connectivity index (χ3v) is 4.19. The van der Waals surface area contributed by atoms with Crippen LogP contribution in [0.25, 0.3) is 5.95 Å². The van der Waals surface area contributed by atoms with Crippen LogP contribution in [0.5, 0.6) is 0 Å². The normalized spacial score (nSPS) is 10.6. The van der Waals surface area contributed by atoms with E-state index in [4.69, 9.17) is 0 Å². The molecule has 0 aliphatic rings. The summed E-state index contributed by atoms with van der Waals surface area (Å²) in [7, 11) is 0. The van der Waals surface area contributed by atoms with E-state index in [1.54, 1.807) is 41.0 Å². The van der Waals surface area contributed by atoms with E-state index in [2.05, 4.69) is 20.4 Å². The van der Waals surface area contributed by atoms with Crippen LogP contribution in [0.15, 0.2) is 47.6 Å². The minimum atomic E-state index is -0.190. The van der Waals surface area contributed by atoms with Crippen LogP contribution in [0.4, 0.5) is 5.69 Å². The molecule has 0 unspecified atom stereocenters. The summed E-state index contributed by atoms with van der Waals surface area (Å²) < 4.78 is 1.67. The predicted octanol–water partition coefficient (Wildman–Crippen LogP) is 3.25. The van der Waals surface area contributed by atoms with Crippen molar-refractivity contribution in [1.82, 2.24) is 19.7 Å². The minimum Gasteiger partial charge on any atom is -0.319 e. The SMILES string of the molecule is CSc1ccc(C(=O)Nc2cnc(-n3nc(C)cc3C)nc2)cc1. The molecule has 1 N–H and O–H groups in total. The Balaban J connectivity index is 1.73. The highest BCUT2D eigenvalue weighted by molar-refractivity contribution is 7.98. The number of amides is 1. The van der Waals surface area contributed by atoms with Gasteiger partial charge in [0, 0.05) is 16.2 Å². The van der Waals surface area contributed by atoms with E-state index < -0.39 is 0 Å². The van der Waals surface area contributed by atoms with Crippen LogP contribution < -0.4 is 5.32 Å². The van der Waals surface area contributed by atoms with Crippen LogP contribution in [0.2, 0.25) is 0 Å². The maximum absolute atomic E-state index is 12.2. The van der Waals surface area contributed by atoms with Gasteiger partial charge in [-0.25, -0.2) is 14.6 Å². The average molecular weight is 339 g/mol. The van der Waals surface area contributed by atoms with Gasteiger partial charge in [0.25, 0.3) is 11.9 Å². The number of hydrogen-bond donors (Lipinski definition) is 1. The number of rotatable bonds is 4. The summed E-state index contributed by atoms with van der Waals surface area (Å²) in [6, 6.07) is 9.39. The first-order chi connectivity index (χ1) is 11.6. The van der Waals surface area contributed by atoms with Gasteiger partial charge in [-0.3, -0.25) is 4.79 Å². The van der Waals surface area contributed by atoms with E-state index in [9.17, 15) is 4.79 Å². The maximum Gasteiger partial charge on any atom is 0.255 e. The van der Waals surface area contributed by atoms with E-state index in [-0.39, 0.29) is 5.91 Å². The molecule has 3 aromatic rings. The number of thioether (sulfide) groups is 1. The lowest BCUT2D eigenvalue weighted by Gasteiger charge is -2.06.